The Labute approximate surface area is 146 Å². The highest BCUT2D eigenvalue weighted by Crippen LogP contribution is 2.20. The summed E-state index contributed by atoms with van der Waals surface area (Å²) in [5.41, 5.74) is 1.09. The fraction of sp³-hybridized carbons (Fsp3) is 0.278. The number of para-hydroxylation sites is 1. The van der Waals surface area contributed by atoms with E-state index in [0.717, 1.165) is 25.3 Å². The fourth-order valence-corrected chi connectivity index (χ4v) is 2.73. The van der Waals surface area contributed by atoms with Gasteiger partial charge >= 0.3 is 0 Å². The first-order chi connectivity index (χ1) is 12.2. The molecular weight excluding hydrogens is 320 g/mol. The molecule has 0 bridgehead atoms. The molecule has 2 aromatic rings. The molecule has 1 aliphatic rings. The first-order valence-corrected chi connectivity index (χ1v) is 8.06. The monoisotopic (exact) mass is 340 g/mol. The van der Waals surface area contributed by atoms with Gasteiger partial charge in [0.2, 0.25) is 6.41 Å². The molecule has 0 radical (unpaired) electrons. The average Bonchev–Trinajstić information content (AvgIpc) is 2.68. The smallest absolute Gasteiger partial charge is 0.259 e. The van der Waals surface area contributed by atoms with Crippen LogP contribution >= 0.6 is 0 Å². The van der Waals surface area contributed by atoms with Gasteiger partial charge in [-0.2, -0.15) is 0 Å². The summed E-state index contributed by atoms with van der Waals surface area (Å²) in [4.78, 5) is 31.4. The van der Waals surface area contributed by atoms with Crippen LogP contribution in [-0.2, 0) is 4.79 Å². The van der Waals surface area contributed by atoms with Crippen molar-refractivity contribution < 1.29 is 14.3 Å². The van der Waals surface area contributed by atoms with Gasteiger partial charge < -0.3 is 19.9 Å². The van der Waals surface area contributed by atoms with Gasteiger partial charge in [-0.1, -0.05) is 12.1 Å². The van der Waals surface area contributed by atoms with Gasteiger partial charge in [0.25, 0.3) is 5.91 Å². The molecule has 1 N–H and O–H groups in total. The Hall–Kier alpha value is -3.09. The van der Waals surface area contributed by atoms with Gasteiger partial charge in [-0.15, -0.1) is 0 Å². The van der Waals surface area contributed by atoms with Crippen LogP contribution in [0.25, 0.3) is 0 Å². The quantitative estimate of drug-likeness (QED) is 0.837. The van der Waals surface area contributed by atoms with Crippen LogP contribution in [-0.4, -0.2) is 55.5 Å². The number of hydrogen-bond acceptors (Lipinski definition) is 5. The molecule has 1 saturated heterocycles. The number of nitrogens with zero attached hydrogens (tertiary/aromatic N) is 3. The summed E-state index contributed by atoms with van der Waals surface area (Å²) in [6, 6.07) is 10.8. The summed E-state index contributed by atoms with van der Waals surface area (Å²) in [6.07, 6.45) is 2.51. The topological polar surface area (TPSA) is 74.8 Å². The van der Waals surface area contributed by atoms with Crippen molar-refractivity contribution in [1.82, 2.24) is 9.88 Å². The number of benzene rings is 1. The summed E-state index contributed by atoms with van der Waals surface area (Å²) in [5.74, 6) is 1.12. The lowest BCUT2D eigenvalue weighted by Crippen LogP contribution is -2.46. The van der Waals surface area contributed by atoms with E-state index in [2.05, 4.69) is 15.2 Å². The van der Waals surface area contributed by atoms with E-state index < -0.39 is 0 Å². The van der Waals surface area contributed by atoms with Crippen molar-refractivity contribution in [2.24, 2.45) is 0 Å². The molecule has 2 amide bonds. The third kappa shape index (κ3) is 3.88. The number of ether oxygens (including phenoxy) is 1. The molecular formula is C18H20N4O3. The van der Waals surface area contributed by atoms with Gasteiger partial charge in [-0.3, -0.25) is 9.59 Å². The molecule has 7 nitrogen and oxygen atoms in total. The normalized spacial score (nSPS) is 14.1. The number of piperazine rings is 1. The summed E-state index contributed by atoms with van der Waals surface area (Å²) < 4.78 is 5.21. The first kappa shape index (κ1) is 16.8. The highest BCUT2D eigenvalue weighted by molar-refractivity contribution is 6.06. The van der Waals surface area contributed by atoms with Gasteiger partial charge in [0.15, 0.2) is 0 Å². The Morgan fingerprint density at radius 2 is 1.92 bits per heavy atom. The van der Waals surface area contributed by atoms with Crippen molar-refractivity contribution in [3.63, 3.8) is 0 Å². The molecule has 0 spiro atoms. The number of anilines is 2. The van der Waals surface area contributed by atoms with Crippen molar-refractivity contribution >= 4 is 23.8 Å². The number of methoxy groups -OCH3 is 1. The standard InChI is InChI=1S/C18H20N4O3/c1-25-16-5-3-2-4-15(16)18(24)20-14-6-7-17(19-12-14)22-10-8-21(13-23)9-11-22/h2-7,12-13H,8-11H2,1H3,(H,20,24). The summed E-state index contributed by atoms with van der Waals surface area (Å²) >= 11 is 0. The lowest BCUT2D eigenvalue weighted by Gasteiger charge is -2.33. The Morgan fingerprint density at radius 1 is 1.16 bits per heavy atom. The minimum Gasteiger partial charge on any atom is -0.496 e. The fourth-order valence-electron chi connectivity index (χ4n) is 2.73. The number of pyridine rings is 1. The largest absolute Gasteiger partial charge is 0.496 e. The molecule has 130 valence electrons. The van der Waals surface area contributed by atoms with Crippen LogP contribution in [0.15, 0.2) is 42.6 Å². The number of nitrogens with one attached hydrogen (secondary N) is 1. The molecule has 0 atom stereocenters. The maximum Gasteiger partial charge on any atom is 0.259 e. The summed E-state index contributed by atoms with van der Waals surface area (Å²) in [6.45, 7) is 2.88. The maximum absolute atomic E-state index is 12.4. The van der Waals surface area contributed by atoms with Crippen LogP contribution in [0.2, 0.25) is 0 Å². The predicted octanol–water partition coefficient (Wildman–Crippen LogP) is 1.62. The van der Waals surface area contributed by atoms with E-state index >= 15 is 0 Å². The Balaban J connectivity index is 1.65. The zero-order valence-electron chi connectivity index (χ0n) is 14.0. The van der Waals surface area contributed by atoms with Crippen LogP contribution in [0, 0.1) is 0 Å². The molecule has 3 rings (SSSR count). The average molecular weight is 340 g/mol. The van der Waals surface area contributed by atoms with E-state index in [4.69, 9.17) is 4.74 Å². The Kier molecular flexibility index (Phi) is 5.13. The second kappa shape index (κ2) is 7.65. The van der Waals surface area contributed by atoms with Gasteiger partial charge in [0.1, 0.15) is 11.6 Å². The van der Waals surface area contributed by atoms with Gasteiger partial charge in [-0.05, 0) is 24.3 Å². The maximum atomic E-state index is 12.4. The summed E-state index contributed by atoms with van der Waals surface area (Å²) in [7, 11) is 1.53. The SMILES string of the molecule is COc1ccccc1C(=O)Nc1ccc(N2CCN(C=O)CC2)nc1. The Bertz CT molecular complexity index is 740. The van der Waals surface area contributed by atoms with Gasteiger partial charge in [0.05, 0.1) is 24.6 Å². The van der Waals surface area contributed by atoms with E-state index in [-0.39, 0.29) is 5.91 Å². The van der Waals surface area contributed by atoms with E-state index in [1.54, 1.807) is 29.3 Å². The van der Waals surface area contributed by atoms with Crippen LogP contribution in [0.5, 0.6) is 5.75 Å². The molecule has 1 aromatic carbocycles. The lowest BCUT2D eigenvalue weighted by molar-refractivity contribution is -0.118. The van der Waals surface area contributed by atoms with Crippen molar-refractivity contribution in [1.29, 1.82) is 0 Å². The number of hydrogen-bond donors (Lipinski definition) is 1. The molecule has 0 saturated carbocycles. The Morgan fingerprint density at radius 3 is 2.56 bits per heavy atom. The molecule has 7 heteroatoms. The second-order valence-electron chi connectivity index (χ2n) is 5.69. The van der Waals surface area contributed by atoms with E-state index in [0.29, 0.717) is 30.1 Å². The predicted molar refractivity (Wildman–Crippen MR) is 95.0 cm³/mol. The number of rotatable bonds is 5. The zero-order valence-corrected chi connectivity index (χ0v) is 14.0. The van der Waals surface area contributed by atoms with Crippen molar-refractivity contribution in [2.45, 2.75) is 0 Å². The third-order valence-electron chi connectivity index (χ3n) is 4.14. The minimum absolute atomic E-state index is 0.244. The molecule has 0 aliphatic carbocycles. The molecule has 1 aliphatic heterocycles. The molecule has 0 unspecified atom stereocenters. The van der Waals surface area contributed by atoms with E-state index in [1.807, 2.05) is 18.2 Å². The van der Waals surface area contributed by atoms with Crippen LogP contribution in [0.4, 0.5) is 11.5 Å². The van der Waals surface area contributed by atoms with E-state index in [9.17, 15) is 9.59 Å². The molecule has 1 aromatic heterocycles. The van der Waals surface area contributed by atoms with E-state index in [1.165, 1.54) is 7.11 Å². The third-order valence-corrected chi connectivity index (χ3v) is 4.14. The highest BCUT2D eigenvalue weighted by Gasteiger charge is 2.17. The zero-order chi connectivity index (χ0) is 17.6. The highest BCUT2D eigenvalue weighted by atomic mass is 16.5. The number of carbonyl (C=O) groups excluding carboxylic acids is 2. The van der Waals surface area contributed by atoms with Crippen molar-refractivity contribution in [3.8, 4) is 5.75 Å². The number of amides is 2. The van der Waals surface area contributed by atoms with Crippen LogP contribution in [0.1, 0.15) is 10.4 Å². The number of carbonyl (C=O) groups is 2. The van der Waals surface area contributed by atoms with Crippen LogP contribution in [0.3, 0.4) is 0 Å². The minimum atomic E-state index is -0.244. The number of aromatic nitrogens is 1. The van der Waals surface area contributed by atoms with Gasteiger partial charge in [-0.25, -0.2) is 4.98 Å². The lowest BCUT2D eigenvalue weighted by atomic mass is 10.2. The second-order valence-corrected chi connectivity index (χ2v) is 5.69. The first-order valence-electron chi connectivity index (χ1n) is 8.06. The molecule has 2 heterocycles. The van der Waals surface area contributed by atoms with Crippen molar-refractivity contribution in [2.75, 3.05) is 43.5 Å². The van der Waals surface area contributed by atoms with Crippen LogP contribution < -0.4 is 15.0 Å². The summed E-state index contributed by atoms with van der Waals surface area (Å²) in [5, 5.41) is 2.82. The molecule has 1 fully saturated rings. The van der Waals surface area contributed by atoms with Crippen molar-refractivity contribution in [3.05, 3.63) is 48.2 Å². The molecule has 25 heavy (non-hydrogen) atoms. The van der Waals surface area contributed by atoms with Gasteiger partial charge in [0, 0.05) is 26.2 Å².